The van der Waals surface area contributed by atoms with E-state index in [9.17, 15) is 4.39 Å². The van der Waals surface area contributed by atoms with E-state index in [0.29, 0.717) is 17.7 Å². The summed E-state index contributed by atoms with van der Waals surface area (Å²) < 4.78 is 16.3. The summed E-state index contributed by atoms with van der Waals surface area (Å²) in [6.07, 6.45) is 0. The molecule has 3 aromatic rings. The third-order valence-electron chi connectivity index (χ3n) is 3.55. The highest BCUT2D eigenvalue weighted by Gasteiger charge is 2.11. The van der Waals surface area contributed by atoms with Crippen molar-refractivity contribution < 1.29 is 4.39 Å². The second-order valence-electron chi connectivity index (χ2n) is 4.83. The predicted octanol–water partition coefficient (Wildman–Crippen LogP) is 2.99. The molecular formula is C16H16FN3. The summed E-state index contributed by atoms with van der Waals surface area (Å²) in [7, 11) is 0. The average molecular weight is 269 g/mol. The van der Waals surface area contributed by atoms with E-state index < -0.39 is 0 Å². The summed E-state index contributed by atoms with van der Waals surface area (Å²) >= 11 is 0. The van der Waals surface area contributed by atoms with Crippen LogP contribution in [-0.4, -0.2) is 9.55 Å². The molecule has 1 heterocycles. The van der Waals surface area contributed by atoms with E-state index >= 15 is 0 Å². The Morgan fingerprint density at radius 3 is 2.65 bits per heavy atom. The van der Waals surface area contributed by atoms with Crippen molar-refractivity contribution in [2.24, 2.45) is 5.73 Å². The van der Waals surface area contributed by atoms with Crippen LogP contribution in [-0.2, 0) is 13.1 Å². The number of hydrogen-bond donors (Lipinski definition) is 1. The molecule has 0 saturated heterocycles. The number of rotatable bonds is 3. The first kappa shape index (κ1) is 12.8. The van der Waals surface area contributed by atoms with Crippen LogP contribution in [0.3, 0.4) is 0 Å². The van der Waals surface area contributed by atoms with Gasteiger partial charge in [-0.25, -0.2) is 9.37 Å². The molecule has 3 rings (SSSR count). The van der Waals surface area contributed by atoms with Crippen molar-refractivity contribution in [3.63, 3.8) is 0 Å². The van der Waals surface area contributed by atoms with Gasteiger partial charge in [0.25, 0.3) is 0 Å². The fourth-order valence-electron chi connectivity index (χ4n) is 2.48. The van der Waals surface area contributed by atoms with Gasteiger partial charge in [0.05, 0.1) is 17.6 Å². The largest absolute Gasteiger partial charge is 0.326 e. The van der Waals surface area contributed by atoms with Crippen LogP contribution in [0.15, 0.2) is 42.5 Å². The number of aryl methyl sites for hydroxylation is 1. The van der Waals surface area contributed by atoms with Gasteiger partial charge < -0.3 is 10.3 Å². The van der Waals surface area contributed by atoms with Gasteiger partial charge in [0, 0.05) is 17.7 Å². The summed E-state index contributed by atoms with van der Waals surface area (Å²) in [6.45, 7) is 2.61. The second-order valence-corrected chi connectivity index (χ2v) is 4.83. The number of nitrogens with zero attached hydrogens (tertiary/aromatic N) is 2. The van der Waals surface area contributed by atoms with Gasteiger partial charge >= 0.3 is 0 Å². The van der Waals surface area contributed by atoms with Crippen molar-refractivity contribution in [2.75, 3.05) is 0 Å². The summed E-state index contributed by atoms with van der Waals surface area (Å²) in [4.78, 5) is 4.50. The van der Waals surface area contributed by atoms with Gasteiger partial charge in [-0.3, -0.25) is 0 Å². The molecule has 102 valence electrons. The normalized spacial score (nSPS) is 11.2. The van der Waals surface area contributed by atoms with Gasteiger partial charge in [-0.15, -0.1) is 0 Å². The van der Waals surface area contributed by atoms with Crippen LogP contribution < -0.4 is 5.73 Å². The number of nitrogens with two attached hydrogens (primary N) is 1. The number of benzene rings is 2. The topological polar surface area (TPSA) is 43.8 Å². The Hall–Kier alpha value is -2.20. The molecule has 2 N–H and O–H groups in total. The Kier molecular flexibility index (Phi) is 3.24. The Bertz CT molecular complexity index is 762. The number of hydrogen-bond acceptors (Lipinski definition) is 2. The lowest BCUT2D eigenvalue weighted by molar-refractivity contribution is 0.584. The van der Waals surface area contributed by atoms with E-state index in [-0.39, 0.29) is 12.4 Å². The van der Waals surface area contributed by atoms with Gasteiger partial charge in [0.1, 0.15) is 11.6 Å². The minimum Gasteiger partial charge on any atom is -0.326 e. The molecule has 0 aliphatic rings. The molecule has 3 nitrogen and oxygen atoms in total. The first-order valence-corrected chi connectivity index (χ1v) is 6.59. The summed E-state index contributed by atoms with van der Waals surface area (Å²) in [5.74, 6) is 0.663. The first-order chi connectivity index (χ1) is 9.70. The second kappa shape index (κ2) is 5.06. The average Bonchev–Trinajstić information content (AvgIpc) is 2.77. The molecule has 0 amide bonds. The molecule has 1 aromatic heterocycles. The smallest absolute Gasteiger partial charge is 0.132 e. The number of aromatic nitrogens is 2. The molecule has 0 aliphatic carbocycles. The highest BCUT2D eigenvalue weighted by molar-refractivity contribution is 5.75. The van der Waals surface area contributed by atoms with Crippen molar-refractivity contribution in [2.45, 2.75) is 20.0 Å². The van der Waals surface area contributed by atoms with Crippen molar-refractivity contribution in [3.8, 4) is 0 Å². The van der Waals surface area contributed by atoms with Gasteiger partial charge in [0.2, 0.25) is 0 Å². The van der Waals surface area contributed by atoms with Crippen LogP contribution >= 0.6 is 0 Å². The molecule has 0 bridgehead atoms. The summed E-state index contributed by atoms with van der Waals surface area (Å²) in [6, 6.07) is 13.2. The third kappa shape index (κ3) is 2.08. The fraction of sp³-hybridized carbons (Fsp3) is 0.188. The molecule has 0 radical (unpaired) electrons. The fourth-order valence-corrected chi connectivity index (χ4v) is 2.48. The predicted molar refractivity (Wildman–Crippen MR) is 77.9 cm³/mol. The molecule has 0 saturated carbocycles. The summed E-state index contributed by atoms with van der Waals surface area (Å²) in [5.41, 5.74) is 8.69. The molecule has 0 fully saturated rings. The first-order valence-electron chi connectivity index (χ1n) is 6.59. The Labute approximate surface area is 116 Å². The molecule has 2 aromatic carbocycles. The van der Waals surface area contributed by atoms with E-state index in [1.165, 1.54) is 0 Å². The maximum Gasteiger partial charge on any atom is 0.132 e. The van der Waals surface area contributed by atoms with Crippen LogP contribution in [0.5, 0.6) is 0 Å². The lowest BCUT2D eigenvalue weighted by Gasteiger charge is -2.10. The van der Waals surface area contributed by atoms with Gasteiger partial charge in [-0.1, -0.05) is 30.3 Å². The molecule has 0 aliphatic heterocycles. The SMILES string of the molecule is Cc1nc2ccccc2n1Cc1cccc(CN)c1F. The van der Waals surface area contributed by atoms with Crippen LogP contribution in [0, 0.1) is 12.7 Å². The zero-order valence-corrected chi connectivity index (χ0v) is 11.3. The van der Waals surface area contributed by atoms with Crippen molar-refractivity contribution in [1.82, 2.24) is 9.55 Å². The lowest BCUT2D eigenvalue weighted by Crippen LogP contribution is -2.07. The molecule has 20 heavy (non-hydrogen) atoms. The van der Waals surface area contributed by atoms with Crippen molar-refractivity contribution in [3.05, 3.63) is 65.2 Å². The highest BCUT2D eigenvalue weighted by Crippen LogP contribution is 2.20. The number of para-hydroxylation sites is 2. The quantitative estimate of drug-likeness (QED) is 0.794. The number of fused-ring (bicyclic) bond motifs is 1. The number of imidazole rings is 1. The van der Waals surface area contributed by atoms with Gasteiger partial charge in [0.15, 0.2) is 0 Å². The Balaban J connectivity index is 2.08. The van der Waals surface area contributed by atoms with Gasteiger partial charge in [-0.2, -0.15) is 0 Å². The summed E-state index contributed by atoms with van der Waals surface area (Å²) in [5, 5.41) is 0. The molecule has 0 atom stereocenters. The minimum atomic E-state index is -0.216. The molecule has 4 heteroatoms. The minimum absolute atomic E-state index is 0.212. The molecule has 0 unspecified atom stereocenters. The maximum absolute atomic E-state index is 14.3. The molecule has 0 spiro atoms. The zero-order valence-electron chi connectivity index (χ0n) is 11.3. The lowest BCUT2D eigenvalue weighted by atomic mass is 10.1. The van der Waals surface area contributed by atoms with Crippen LogP contribution in [0.2, 0.25) is 0 Å². The monoisotopic (exact) mass is 269 g/mol. The van der Waals surface area contributed by atoms with Gasteiger partial charge in [-0.05, 0) is 19.1 Å². The maximum atomic E-state index is 14.3. The zero-order chi connectivity index (χ0) is 14.1. The van der Waals surface area contributed by atoms with E-state index in [2.05, 4.69) is 4.98 Å². The van der Waals surface area contributed by atoms with E-state index in [0.717, 1.165) is 16.9 Å². The number of halogens is 1. The highest BCUT2D eigenvalue weighted by atomic mass is 19.1. The van der Waals surface area contributed by atoms with Crippen molar-refractivity contribution >= 4 is 11.0 Å². The standard InChI is InChI=1S/C16H16FN3/c1-11-19-14-7-2-3-8-15(14)20(11)10-13-6-4-5-12(9-18)16(13)17/h2-8H,9-10,18H2,1H3. The molecular weight excluding hydrogens is 253 g/mol. The van der Waals surface area contributed by atoms with E-state index in [1.54, 1.807) is 12.1 Å². The van der Waals surface area contributed by atoms with Crippen LogP contribution in [0.4, 0.5) is 4.39 Å². The van der Waals surface area contributed by atoms with Crippen molar-refractivity contribution in [1.29, 1.82) is 0 Å². The van der Waals surface area contributed by atoms with E-state index in [1.807, 2.05) is 41.8 Å². The van der Waals surface area contributed by atoms with E-state index in [4.69, 9.17) is 5.73 Å². The third-order valence-corrected chi connectivity index (χ3v) is 3.55. The van der Waals surface area contributed by atoms with Crippen LogP contribution in [0.1, 0.15) is 17.0 Å². The van der Waals surface area contributed by atoms with Crippen LogP contribution in [0.25, 0.3) is 11.0 Å². The Morgan fingerprint density at radius 1 is 1.10 bits per heavy atom. The Morgan fingerprint density at radius 2 is 1.85 bits per heavy atom.